The minimum atomic E-state index is -3.02. The molecule has 2 aromatic heterocycles. The van der Waals surface area contributed by atoms with E-state index in [2.05, 4.69) is 15.3 Å². The Bertz CT molecular complexity index is 1220. The van der Waals surface area contributed by atoms with Gasteiger partial charge in [-0.1, -0.05) is 12.1 Å². The number of hydrogen-bond donors (Lipinski definition) is 1. The number of imidazole rings is 1. The number of anilines is 1. The third-order valence-corrected chi connectivity index (χ3v) is 6.45. The normalized spacial score (nSPS) is 16.9. The van der Waals surface area contributed by atoms with Gasteiger partial charge in [0.1, 0.15) is 11.6 Å². The maximum absolute atomic E-state index is 13.8. The fourth-order valence-electron chi connectivity index (χ4n) is 4.53. The number of nitrogens with one attached hydrogen (secondary N) is 1. The van der Waals surface area contributed by atoms with E-state index in [1.807, 2.05) is 55.1 Å². The molecule has 1 saturated heterocycles. The largest absolute Gasteiger partial charge is 0.497 e. The molecule has 0 aliphatic carbocycles. The molecule has 4 rings (SSSR count). The van der Waals surface area contributed by atoms with Crippen molar-refractivity contribution < 1.29 is 18.3 Å². The van der Waals surface area contributed by atoms with E-state index < -0.39 is 5.92 Å². The number of rotatable bonds is 7. The first-order valence-electron chi connectivity index (χ1n) is 11.7. The number of aryl methyl sites for hydroxylation is 2. The Morgan fingerprint density at radius 1 is 1.26 bits per heavy atom. The summed E-state index contributed by atoms with van der Waals surface area (Å²) in [5.41, 5.74) is 2.79. The van der Waals surface area contributed by atoms with Crippen LogP contribution in [0.15, 0.2) is 42.6 Å². The SMILES string of the molecule is COc1cccc(C(C)C(=O)N2CC[C@H](Nc3ccc(-c4cn(C)c(C(C)(F)F)n4)c(C)n3)C2)c1. The molecule has 3 heterocycles. The first-order chi connectivity index (χ1) is 16.6. The van der Waals surface area contributed by atoms with Crippen molar-refractivity contribution in [1.82, 2.24) is 19.4 Å². The number of alkyl halides is 2. The summed E-state index contributed by atoms with van der Waals surface area (Å²) in [6.07, 6.45) is 2.40. The van der Waals surface area contributed by atoms with Crippen LogP contribution in [0.4, 0.5) is 14.6 Å². The molecule has 1 fully saturated rings. The van der Waals surface area contributed by atoms with Crippen LogP contribution in [0.2, 0.25) is 0 Å². The van der Waals surface area contributed by atoms with E-state index >= 15 is 0 Å². The summed E-state index contributed by atoms with van der Waals surface area (Å²) in [6.45, 7) is 5.84. The van der Waals surface area contributed by atoms with Gasteiger partial charge in [0.2, 0.25) is 5.91 Å². The third kappa shape index (κ3) is 5.28. The predicted molar refractivity (Wildman–Crippen MR) is 131 cm³/mol. The van der Waals surface area contributed by atoms with Crippen LogP contribution < -0.4 is 10.1 Å². The van der Waals surface area contributed by atoms with Crippen LogP contribution in [0.5, 0.6) is 5.75 Å². The number of hydrogen-bond acceptors (Lipinski definition) is 5. The number of methoxy groups -OCH3 is 1. The average molecular weight is 484 g/mol. The van der Waals surface area contributed by atoms with Crippen LogP contribution >= 0.6 is 0 Å². The van der Waals surface area contributed by atoms with Crippen molar-refractivity contribution in [3.8, 4) is 17.0 Å². The van der Waals surface area contributed by atoms with Crippen molar-refractivity contribution in [3.05, 3.63) is 59.7 Å². The molecule has 7 nitrogen and oxygen atoms in total. The number of benzene rings is 1. The van der Waals surface area contributed by atoms with Crippen molar-refractivity contribution in [1.29, 1.82) is 0 Å². The van der Waals surface area contributed by atoms with E-state index in [1.165, 1.54) is 4.57 Å². The van der Waals surface area contributed by atoms with Crippen molar-refractivity contribution in [2.75, 3.05) is 25.5 Å². The monoisotopic (exact) mass is 483 g/mol. The van der Waals surface area contributed by atoms with Gasteiger partial charge in [-0.25, -0.2) is 9.97 Å². The molecule has 3 aromatic rings. The molecule has 1 unspecified atom stereocenters. The number of amides is 1. The fourth-order valence-corrected chi connectivity index (χ4v) is 4.53. The number of ether oxygens (including phenoxy) is 1. The highest BCUT2D eigenvalue weighted by molar-refractivity contribution is 5.83. The van der Waals surface area contributed by atoms with Crippen molar-refractivity contribution >= 4 is 11.7 Å². The predicted octanol–water partition coefficient (Wildman–Crippen LogP) is 4.73. The van der Waals surface area contributed by atoms with E-state index in [1.54, 1.807) is 20.4 Å². The Hall–Kier alpha value is -3.49. The molecule has 1 aliphatic rings. The highest BCUT2D eigenvalue weighted by Crippen LogP contribution is 2.30. The van der Waals surface area contributed by atoms with E-state index in [0.717, 1.165) is 24.7 Å². The minimum Gasteiger partial charge on any atom is -0.497 e. The lowest BCUT2D eigenvalue weighted by atomic mass is 9.99. The van der Waals surface area contributed by atoms with Gasteiger partial charge in [0.15, 0.2) is 5.82 Å². The van der Waals surface area contributed by atoms with Gasteiger partial charge in [-0.2, -0.15) is 8.78 Å². The maximum atomic E-state index is 13.8. The van der Waals surface area contributed by atoms with E-state index in [-0.39, 0.29) is 23.7 Å². The zero-order valence-corrected chi connectivity index (χ0v) is 20.7. The number of carbonyl (C=O) groups excluding carboxylic acids is 1. The Morgan fingerprint density at radius 2 is 2.03 bits per heavy atom. The lowest BCUT2D eigenvalue weighted by Gasteiger charge is -2.22. The Balaban J connectivity index is 1.41. The van der Waals surface area contributed by atoms with Crippen molar-refractivity contribution in [2.45, 2.75) is 45.1 Å². The second-order valence-corrected chi connectivity index (χ2v) is 9.19. The zero-order chi connectivity index (χ0) is 25.3. The molecule has 0 bridgehead atoms. The van der Waals surface area contributed by atoms with E-state index in [9.17, 15) is 13.6 Å². The van der Waals surface area contributed by atoms with Crippen LogP contribution in [0.25, 0.3) is 11.3 Å². The van der Waals surface area contributed by atoms with Gasteiger partial charge in [0.05, 0.1) is 18.7 Å². The van der Waals surface area contributed by atoms with Gasteiger partial charge in [-0.05, 0) is 50.1 Å². The highest BCUT2D eigenvalue weighted by Gasteiger charge is 2.31. The summed E-state index contributed by atoms with van der Waals surface area (Å²) >= 11 is 0. The molecule has 1 N–H and O–H groups in total. The van der Waals surface area contributed by atoms with Crippen LogP contribution in [0, 0.1) is 6.92 Å². The van der Waals surface area contributed by atoms with Crippen LogP contribution in [-0.4, -0.2) is 51.6 Å². The number of nitrogens with zero attached hydrogens (tertiary/aromatic N) is 4. The van der Waals surface area contributed by atoms with Gasteiger partial charge in [0.25, 0.3) is 0 Å². The molecule has 1 aromatic carbocycles. The molecule has 2 atom stereocenters. The highest BCUT2D eigenvalue weighted by atomic mass is 19.3. The molecule has 1 amide bonds. The molecule has 35 heavy (non-hydrogen) atoms. The van der Waals surface area contributed by atoms with Gasteiger partial charge in [0, 0.05) is 50.6 Å². The first-order valence-corrected chi connectivity index (χ1v) is 11.7. The summed E-state index contributed by atoms with van der Waals surface area (Å²) in [5.74, 6) is -2.07. The molecule has 186 valence electrons. The smallest absolute Gasteiger partial charge is 0.302 e. The van der Waals surface area contributed by atoms with Crippen molar-refractivity contribution in [2.24, 2.45) is 7.05 Å². The lowest BCUT2D eigenvalue weighted by molar-refractivity contribution is -0.131. The molecular weight excluding hydrogens is 452 g/mol. The molecule has 9 heteroatoms. The molecule has 0 spiro atoms. The third-order valence-electron chi connectivity index (χ3n) is 6.45. The second kappa shape index (κ2) is 9.64. The number of pyridine rings is 1. The average Bonchev–Trinajstić information content (AvgIpc) is 3.44. The summed E-state index contributed by atoms with van der Waals surface area (Å²) in [5, 5.41) is 3.41. The maximum Gasteiger partial charge on any atom is 0.302 e. The number of halogens is 2. The molecular formula is C26H31F2N5O2. The summed E-state index contributed by atoms with van der Waals surface area (Å²) in [4.78, 5) is 23.7. The fraction of sp³-hybridized carbons (Fsp3) is 0.423. The molecule has 0 radical (unpaired) electrons. The van der Waals surface area contributed by atoms with Gasteiger partial charge >= 0.3 is 5.92 Å². The lowest BCUT2D eigenvalue weighted by Crippen LogP contribution is -2.34. The van der Waals surface area contributed by atoms with Gasteiger partial charge in [-0.3, -0.25) is 4.79 Å². The van der Waals surface area contributed by atoms with Crippen LogP contribution in [0.3, 0.4) is 0 Å². The van der Waals surface area contributed by atoms with Gasteiger partial charge < -0.3 is 19.5 Å². The summed E-state index contributed by atoms with van der Waals surface area (Å²) < 4.78 is 34.2. The van der Waals surface area contributed by atoms with Crippen LogP contribution in [0.1, 0.15) is 43.3 Å². The topological polar surface area (TPSA) is 72.3 Å². The molecule has 1 aliphatic heterocycles. The standard InChI is InChI=1S/C26H31F2N5O2/c1-16(18-7-6-8-20(13-18)35-5)24(34)33-12-11-19(14-33)30-23-10-9-21(17(2)29-23)22-15-32(4)25(31-22)26(3,27)28/h6-10,13,15-16,19H,11-12,14H2,1-5H3,(H,29,30)/t16?,19-/m0/s1. The van der Waals surface area contributed by atoms with Crippen molar-refractivity contribution in [3.63, 3.8) is 0 Å². The first kappa shape index (κ1) is 24.6. The number of carbonyl (C=O) groups is 1. The van der Waals surface area contributed by atoms with E-state index in [4.69, 9.17) is 4.74 Å². The van der Waals surface area contributed by atoms with E-state index in [0.29, 0.717) is 35.9 Å². The molecule has 0 saturated carbocycles. The Labute approximate surface area is 204 Å². The summed E-state index contributed by atoms with van der Waals surface area (Å²) in [7, 11) is 3.17. The number of aromatic nitrogens is 3. The second-order valence-electron chi connectivity index (χ2n) is 9.19. The summed E-state index contributed by atoms with van der Waals surface area (Å²) in [6, 6.07) is 11.3. The quantitative estimate of drug-likeness (QED) is 0.526. The Kier molecular flexibility index (Phi) is 6.78. The van der Waals surface area contributed by atoms with Crippen LogP contribution in [-0.2, 0) is 17.8 Å². The minimum absolute atomic E-state index is 0.0782. The zero-order valence-electron chi connectivity index (χ0n) is 20.7. The van der Waals surface area contributed by atoms with Gasteiger partial charge in [-0.15, -0.1) is 0 Å². The number of likely N-dealkylation sites (tertiary alicyclic amines) is 1. The Morgan fingerprint density at radius 3 is 2.69 bits per heavy atom.